The minimum Gasteiger partial charge on any atom is -0.289 e. The van der Waals surface area contributed by atoms with Gasteiger partial charge in [-0.3, -0.25) is 4.40 Å². The van der Waals surface area contributed by atoms with Crippen molar-refractivity contribution in [2.24, 2.45) is 0 Å². The van der Waals surface area contributed by atoms with Crippen LogP contribution in [0.3, 0.4) is 0 Å². The van der Waals surface area contributed by atoms with Crippen LogP contribution in [-0.2, 0) is 0 Å². The van der Waals surface area contributed by atoms with Crippen molar-refractivity contribution in [2.75, 3.05) is 0 Å². The Morgan fingerprint density at radius 1 is 1.13 bits per heavy atom. The highest BCUT2D eigenvalue weighted by molar-refractivity contribution is 5.53. The number of aromatic nitrogens is 3. The normalized spacial score (nSPS) is 11.9. The van der Waals surface area contributed by atoms with E-state index in [1.54, 1.807) is 6.33 Å². The van der Waals surface area contributed by atoms with Crippen molar-refractivity contribution < 1.29 is 0 Å². The van der Waals surface area contributed by atoms with Gasteiger partial charge in [0.05, 0.1) is 0 Å². The number of pyridine rings is 1. The predicted molar refractivity (Wildman–Crippen MR) is 61.2 cm³/mol. The fourth-order valence-electron chi connectivity index (χ4n) is 2.02. The molecule has 0 aliphatic carbocycles. The third-order valence-corrected chi connectivity index (χ3v) is 2.74. The average Bonchev–Trinajstić information content (AvgIpc) is 2.62. The van der Waals surface area contributed by atoms with Crippen LogP contribution >= 0.6 is 0 Å². The van der Waals surface area contributed by atoms with Gasteiger partial charge in [-0.15, -0.1) is 10.2 Å². The zero-order valence-electron chi connectivity index (χ0n) is 9.73. The van der Waals surface area contributed by atoms with Gasteiger partial charge < -0.3 is 0 Å². The van der Waals surface area contributed by atoms with Gasteiger partial charge >= 0.3 is 0 Å². The van der Waals surface area contributed by atoms with Crippen LogP contribution in [0.4, 0.5) is 0 Å². The maximum Gasteiger partial charge on any atom is 0.164 e. The lowest BCUT2D eigenvalue weighted by molar-refractivity contribution is 0.786. The second kappa shape index (κ2) is 3.65. The highest BCUT2D eigenvalue weighted by Crippen LogP contribution is 2.28. The minimum absolute atomic E-state index is 0.482. The molecule has 2 aromatic rings. The van der Waals surface area contributed by atoms with Crippen LogP contribution in [0.5, 0.6) is 0 Å². The van der Waals surface area contributed by atoms with E-state index in [4.69, 9.17) is 0 Å². The van der Waals surface area contributed by atoms with E-state index in [-0.39, 0.29) is 0 Å². The number of rotatable bonds is 2. The predicted octanol–water partition coefficient (Wildman–Crippen LogP) is 2.98. The fraction of sp³-hybridized carbons (Fsp3) is 0.500. The van der Waals surface area contributed by atoms with E-state index in [0.29, 0.717) is 11.8 Å². The summed E-state index contributed by atoms with van der Waals surface area (Å²) in [7, 11) is 0. The lowest BCUT2D eigenvalue weighted by atomic mass is 9.92. The van der Waals surface area contributed by atoms with Crippen LogP contribution in [0.2, 0.25) is 0 Å². The first-order valence-corrected chi connectivity index (χ1v) is 5.43. The van der Waals surface area contributed by atoms with Gasteiger partial charge in [-0.2, -0.15) is 0 Å². The molecule has 0 amide bonds. The summed E-state index contributed by atoms with van der Waals surface area (Å²) >= 11 is 0. The standard InChI is InChI=1S/C12H17N3/c1-8(2)10-5-6-15-7-13-14-12(15)11(10)9(3)4/h5-9H,1-4H3. The van der Waals surface area contributed by atoms with Crippen molar-refractivity contribution in [1.82, 2.24) is 14.6 Å². The van der Waals surface area contributed by atoms with E-state index in [2.05, 4.69) is 44.0 Å². The molecule has 2 rings (SSSR count). The van der Waals surface area contributed by atoms with E-state index >= 15 is 0 Å². The van der Waals surface area contributed by atoms with Crippen LogP contribution in [0.15, 0.2) is 18.6 Å². The molecule has 15 heavy (non-hydrogen) atoms. The van der Waals surface area contributed by atoms with E-state index in [9.17, 15) is 0 Å². The molecule has 3 nitrogen and oxygen atoms in total. The SMILES string of the molecule is CC(C)c1ccn2cnnc2c1C(C)C. The summed E-state index contributed by atoms with van der Waals surface area (Å²) in [6.07, 6.45) is 3.79. The molecule has 2 heterocycles. The average molecular weight is 203 g/mol. The molecule has 0 unspecified atom stereocenters. The van der Waals surface area contributed by atoms with Crippen LogP contribution in [0, 0.1) is 0 Å². The Morgan fingerprint density at radius 3 is 2.47 bits per heavy atom. The molecular formula is C12H17N3. The maximum atomic E-state index is 4.20. The van der Waals surface area contributed by atoms with E-state index in [0.717, 1.165) is 5.65 Å². The zero-order chi connectivity index (χ0) is 11.0. The van der Waals surface area contributed by atoms with Crippen molar-refractivity contribution in [3.8, 4) is 0 Å². The molecule has 0 fully saturated rings. The Labute approximate surface area is 90.1 Å². The summed E-state index contributed by atoms with van der Waals surface area (Å²) in [6.45, 7) is 8.84. The van der Waals surface area contributed by atoms with Gasteiger partial charge in [0.25, 0.3) is 0 Å². The zero-order valence-corrected chi connectivity index (χ0v) is 9.73. The van der Waals surface area contributed by atoms with Gasteiger partial charge in [-0.05, 0) is 23.5 Å². The summed E-state index contributed by atoms with van der Waals surface area (Å²) in [6, 6.07) is 2.18. The van der Waals surface area contributed by atoms with Gasteiger partial charge in [0.15, 0.2) is 5.65 Å². The second-order valence-corrected chi connectivity index (χ2v) is 4.56. The van der Waals surface area contributed by atoms with Gasteiger partial charge in [0.2, 0.25) is 0 Å². The van der Waals surface area contributed by atoms with Crippen molar-refractivity contribution in [1.29, 1.82) is 0 Å². The molecule has 0 radical (unpaired) electrons. The van der Waals surface area contributed by atoms with Crippen LogP contribution in [-0.4, -0.2) is 14.6 Å². The molecule has 0 aliphatic heterocycles. The van der Waals surface area contributed by atoms with Crippen molar-refractivity contribution in [3.05, 3.63) is 29.7 Å². The molecule has 0 bridgehead atoms. The molecule has 0 aromatic carbocycles. The monoisotopic (exact) mass is 203 g/mol. The molecule has 0 saturated carbocycles. The van der Waals surface area contributed by atoms with E-state index in [1.165, 1.54) is 11.1 Å². The minimum atomic E-state index is 0.482. The Kier molecular flexibility index (Phi) is 2.47. The van der Waals surface area contributed by atoms with Crippen LogP contribution in [0.25, 0.3) is 5.65 Å². The molecule has 0 saturated heterocycles. The third kappa shape index (κ3) is 1.62. The van der Waals surface area contributed by atoms with Gasteiger partial charge in [-0.25, -0.2) is 0 Å². The van der Waals surface area contributed by atoms with Crippen molar-refractivity contribution >= 4 is 5.65 Å². The first-order chi connectivity index (χ1) is 7.11. The third-order valence-electron chi connectivity index (χ3n) is 2.74. The summed E-state index contributed by atoms with van der Waals surface area (Å²) in [4.78, 5) is 0. The van der Waals surface area contributed by atoms with Crippen LogP contribution in [0.1, 0.15) is 50.7 Å². The van der Waals surface area contributed by atoms with Crippen molar-refractivity contribution in [3.63, 3.8) is 0 Å². The highest BCUT2D eigenvalue weighted by Gasteiger charge is 2.14. The largest absolute Gasteiger partial charge is 0.289 e. The molecule has 3 heteroatoms. The molecule has 0 N–H and O–H groups in total. The van der Waals surface area contributed by atoms with Gasteiger partial charge in [-0.1, -0.05) is 27.7 Å². The first kappa shape index (κ1) is 10.1. The summed E-state index contributed by atoms with van der Waals surface area (Å²) in [5.41, 5.74) is 3.70. The van der Waals surface area contributed by atoms with E-state index in [1.807, 2.05) is 10.6 Å². The Morgan fingerprint density at radius 2 is 1.87 bits per heavy atom. The second-order valence-electron chi connectivity index (χ2n) is 4.56. The number of hydrogen-bond donors (Lipinski definition) is 0. The Balaban J connectivity index is 2.75. The smallest absolute Gasteiger partial charge is 0.164 e. The fourth-order valence-corrected chi connectivity index (χ4v) is 2.02. The summed E-state index contributed by atoms with van der Waals surface area (Å²) in [5, 5.41) is 8.15. The Bertz CT molecular complexity index is 469. The Hall–Kier alpha value is -1.38. The molecule has 80 valence electrons. The van der Waals surface area contributed by atoms with Gasteiger partial charge in [0, 0.05) is 11.8 Å². The summed E-state index contributed by atoms with van der Waals surface area (Å²) in [5.74, 6) is 1.01. The quantitative estimate of drug-likeness (QED) is 0.751. The van der Waals surface area contributed by atoms with Crippen molar-refractivity contribution in [2.45, 2.75) is 39.5 Å². The molecule has 2 aromatic heterocycles. The maximum absolute atomic E-state index is 4.20. The van der Waals surface area contributed by atoms with Crippen LogP contribution < -0.4 is 0 Å². The molecule has 0 spiro atoms. The number of hydrogen-bond acceptors (Lipinski definition) is 2. The highest BCUT2D eigenvalue weighted by atomic mass is 15.2. The molecule has 0 aliphatic rings. The number of nitrogens with zero attached hydrogens (tertiary/aromatic N) is 3. The topological polar surface area (TPSA) is 30.2 Å². The first-order valence-electron chi connectivity index (χ1n) is 5.43. The summed E-state index contributed by atoms with van der Waals surface area (Å²) < 4.78 is 1.99. The molecular weight excluding hydrogens is 186 g/mol. The lowest BCUT2D eigenvalue weighted by Crippen LogP contribution is -2.02. The lowest BCUT2D eigenvalue weighted by Gasteiger charge is -2.16. The van der Waals surface area contributed by atoms with E-state index < -0.39 is 0 Å². The van der Waals surface area contributed by atoms with Gasteiger partial charge in [0.1, 0.15) is 6.33 Å². The number of fused-ring (bicyclic) bond motifs is 1. The molecule has 0 atom stereocenters.